The van der Waals surface area contributed by atoms with Gasteiger partial charge in [0.1, 0.15) is 12.0 Å². The Labute approximate surface area is 133 Å². The molecular weight excluding hydrogens is 274 g/mol. The molecule has 1 aliphatic carbocycles. The van der Waals surface area contributed by atoms with E-state index in [2.05, 4.69) is 28.0 Å². The minimum absolute atomic E-state index is 0. The van der Waals surface area contributed by atoms with Crippen LogP contribution in [-0.4, -0.2) is 21.2 Å². The van der Waals surface area contributed by atoms with E-state index in [0.29, 0.717) is 11.3 Å². The largest absolute Gasteiger partial charge is 0.404 e. The van der Waals surface area contributed by atoms with Crippen molar-refractivity contribution < 1.29 is 1.43 Å². The molecule has 2 heterocycles. The van der Waals surface area contributed by atoms with Crippen LogP contribution in [0.3, 0.4) is 0 Å². The van der Waals surface area contributed by atoms with Gasteiger partial charge in [0.05, 0.1) is 5.69 Å². The summed E-state index contributed by atoms with van der Waals surface area (Å²) < 4.78 is 0. The molecule has 0 bridgehead atoms. The zero-order chi connectivity index (χ0) is 16.4. The van der Waals surface area contributed by atoms with Crippen LogP contribution in [0.25, 0.3) is 16.6 Å². The molecule has 2 aromatic heterocycles. The lowest BCUT2D eigenvalue weighted by Crippen LogP contribution is -1.95. The summed E-state index contributed by atoms with van der Waals surface area (Å²) in [5.41, 5.74) is 9.04. The standard InChI is InChI=1S/C9H9N5.C6H10.C2H6.H2/c10-3-6(4-11)8-7-1-2-12-9(7)14-5-13-8;1-2-6-4-3-5-6;1-2;/h1-5,10H,11H2,(H,12,13,14);4H,2-3,5H2,1H3;1-2H3;1H/b6-4+,10-3?;;;. The number of nitrogens with two attached hydrogens (primary N) is 1. The molecule has 3 rings (SSSR count). The lowest BCUT2D eigenvalue weighted by Gasteiger charge is -2.09. The number of aromatic amines is 1. The number of nitrogens with zero attached hydrogens (tertiary/aromatic N) is 2. The lowest BCUT2D eigenvalue weighted by molar-refractivity contribution is 0.816. The summed E-state index contributed by atoms with van der Waals surface area (Å²) in [7, 11) is 0. The maximum absolute atomic E-state index is 7.18. The molecule has 0 amide bonds. The molecule has 0 aliphatic heterocycles. The highest BCUT2D eigenvalue weighted by Crippen LogP contribution is 2.20. The summed E-state index contributed by atoms with van der Waals surface area (Å²) in [5, 5.41) is 8.05. The zero-order valence-corrected chi connectivity index (χ0v) is 13.6. The molecule has 0 spiro atoms. The van der Waals surface area contributed by atoms with Crippen molar-refractivity contribution >= 4 is 22.8 Å². The summed E-state index contributed by atoms with van der Waals surface area (Å²) in [4.78, 5) is 11.1. The Hall–Kier alpha value is -2.43. The summed E-state index contributed by atoms with van der Waals surface area (Å²) in [6, 6.07) is 1.86. The SMILES string of the molecule is CC.CCC1=CCC1.N=C/C(=C\N)c1ncnc2[nH]ccc12.[HH]. The van der Waals surface area contributed by atoms with Crippen molar-refractivity contribution in [3.8, 4) is 0 Å². The molecule has 22 heavy (non-hydrogen) atoms. The van der Waals surface area contributed by atoms with Crippen LogP contribution in [0.1, 0.15) is 47.2 Å². The van der Waals surface area contributed by atoms with Gasteiger partial charge in [-0.3, -0.25) is 0 Å². The predicted octanol–water partition coefficient (Wildman–Crippen LogP) is 4.30. The molecule has 4 N–H and O–H groups in total. The van der Waals surface area contributed by atoms with Crippen molar-refractivity contribution in [3.05, 3.63) is 42.1 Å². The van der Waals surface area contributed by atoms with E-state index in [1.54, 1.807) is 11.8 Å². The third-order valence-electron chi connectivity index (χ3n) is 3.32. The van der Waals surface area contributed by atoms with Gasteiger partial charge in [0.15, 0.2) is 0 Å². The molecule has 0 radical (unpaired) electrons. The molecule has 0 fully saturated rings. The van der Waals surface area contributed by atoms with Crippen LogP contribution < -0.4 is 5.73 Å². The van der Waals surface area contributed by atoms with Crippen molar-refractivity contribution in [1.29, 1.82) is 5.41 Å². The zero-order valence-electron chi connectivity index (χ0n) is 13.6. The molecule has 1 aliphatic rings. The molecular formula is C17H27N5. The number of rotatable bonds is 3. The van der Waals surface area contributed by atoms with Gasteiger partial charge in [0, 0.05) is 31.0 Å². The third-order valence-corrected chi connectivity index (χ3v) is 3.32. The van der Waals surface area contributed by atoms with Gasteiger partial charge in [-0.25, -0.2) is 9.97 Å². The highest BCUT2D eigenvalue weighted by molar-refractivity contribution is 6.11. The van der Waals surface area contributed by atoms with Crippen LogP contribution in [0.5, 0.6) is 0 Å². The van der Waals surface area contributed by atoms with Crippen molar-refractivity contribution in [1.82, 2.24) is 15.0 Å². The maximum atomic E-state index is 7.18. The number of hydrogen-bond donors (Lipinski definition) is 3. The van der Waals surface area contributed by atoms with Crippen molar-refractivity contribution in [2.75, 3.05) is 0 Å². The van der Waals surface area contributed by atoms with Gasteiger partial charge in [-0.05, 0) is 25.3 Å². The van der Waals surface area contributed by atoms with Gasteiger partial charge in [-0.1, -0.05) is 32.4 Å². The van der Waals surface area contributed by atoms with E-state index in [0.717, 1.165) is 11.0 Å². The summed E-state index contributed by atoms with van der Waals surface area (Å²) in [6.07, 6.45) is 12.1. The monoisotopic (exact) mass is 301 g/mol. The van der Waals surface area contributed by atoms with Crippen LogP contribution in [-0.2, 0) is 0 Å². The number of H-pyrrole nitrogens is 1. The summed E-state index contributed by atoms with van der Waals surface area (Å²) in [6.45, 7) is 6.21. The third kappa shape index (κ3) is 4.28. The molecule has 0 atom stereocenters. The topological polar surface area (TPSA) is 91.4 Å². The number of fused-ring (bicyclic) bond motifs is 1. The lowest BCUT2D eigenvalue weighted by atomic mass is 9.97. The number of nitrogens with one attached hydrogen (secondary N) is 2. The van der Waals surface area contributed by atoms with Gasteiger partial charge < -0.3 is 16.1 Å². The first kappa shape index (κ1) is 17.6. The minimum atomic E-state index is 0. The second kappa shape index (κ2) is 9.50. The Morgan fingerprint density at radius 2 is 2.18 bits per heavy atom. The Kier molecular flexibility index (Phi) is 7.61. The van der Waals surface area contributed by atoms with Crippen LogP contribution in [0.15, 0.2) is 36.4 Å². The van der Waals surface area contributed by atoms with Crippen LogP contribution in [0.2, 0.25) is 0 Å². The van der Waals surface area contributed by atoms with E-state index < -0.39 is 0 Å². The van der Waals surface area contributed by atoms with E-state index in [1.807, 2.05) is 19.9 Å². The highest BCUT2D eigenvalue weighted by Gasteiger charge is 2.06. The fraction of sp³-hybridized carbons (Fsp3) is 0.353. The van der Waals surface area contributed by atoms with E-state index in [9.17, 15) is 0 Å². The van der Waals surface area contributed by atoms with E-state index in [1.165, 1.54) is 38.0 Å². The van der Waals surface area contributed by atoms with Gasteiger partial charge in [-0.15, -0.1) is 0 Å². The Morgan fingerprint density at radius 1 is 1.45 bits per heavy atom. The fourth-order valence-electron chi connectivity index (χ4n) is 1.97. The Balaban J connectivity index is 0.000000455. The molecule has 5 nitrogen and oxygen atoms in total. The normalized spacial score (nSPS) is 13.0. The van der Waals surface area contributed by atoms with E-state index in [4.69, 9.17) is 11.1 Å². The summed E-state index contributed by atoms with van der Waals surface area (Å²) in [5.74, 6) is 0. The minimum Gasteiger partial charge on any atom is -0.404 e. The van der Waals surface area contributed by atoms with Gasteiger partial charge in [0.2, 0.25) is 0 Å². The Morgan fingerprint density at radius 3 is 2.64 bits per heavy atom. The first-order chi connectivity index (χ1) is 10.8. The maximum Gasteiger partial charge on any atom is 0.141 e. The molecule has 0 aromatic carbocycles. The van der Waals surface area contributed by atoms with Crippen LogP contribution in [0, 0.1) is 5.41 Å². The van der Waals surface area contributed by atoms with Crippen molar-refractivity contribution in [2.45, 2.75) is 40.0 Å². The van der Waals surface area contributed by atoms with Crippen LogP contribution >= 0.6 is 0 Å². The van der Waals surface area contributed by atoms with Crippen molar-refractivity contribution in [2.24, 2.45) is 5.73 Å². The molecule has 2 aromatic rings. The van der Waals surface area contributed by atoms with Gasteiger partial charge in [0.25, 0.3) is 0 Å². The first-order valence-corrected chi connectivity index (χ1v) is 7.68. The van der Waals surface area contributed by atoms with Crippen LogP contribution in [0.4, 0.5) is 0 Å². The molecule has 0 saturated heterocycles. The average Bonchev–Trinajstić information content (AvgIpc) is 2.99. The van der Waals surface area contributed by atoms with Gasteiger partial charge in [-0.2, -0.15) is 0 Å². The van der Waals surface area contributed by atoms with Crippen molar-refractivity contribution in [3.63, 3.8) is 0 Å². The molecule has 120 valence electrons. The smallest absolute Gasteiger partial charge is 0.141 e. The first-order valence-electron chi connectivity index (χ1n) is 7.68. The van der Waals surface area contributed by atoms with E-state index >= 15 is 0 Å². The number of hydrogen-bond acceptors (Lipinski definition) is 4. The second-order valence-corrected chi connectivity index (χ2v) is 4.48. The average molecular weight is 301 g/mol. The van der Waals surface area contributed by atoms with Gasteiger partial charge >= 0.3 is 0 Å². The highest BCUT2D eigenvalue weighted by atomic mass is 14.9. The number of allylic oxidation sites excluding steroid dienone is 3. The summed E-state index contributed by atoms with van der Waals surface area (Å²) >= 11 is 0. The predicted molar refractivity (Wildman–Crippen MR) is 95.9 cm³/mol. The second-order valence-electron chi connectivity index (χ2n) is 4.48. The quantitative estimate of drug-likeness (QED) is 0.583. The fourth-order valence-corrected chi connectivity index (χ4v) is 1.97. The molecule has 5 heteroatoms. The Bertz CT molecular complexity index is 658. The molecule has 0 saturated carbocycles. The molecule has 0 unspecified atom stereocenters. The van der Waals surface area contributed by atoms with E-state index in [-0.39, 0.29) is 1.43 Å². The number of aromatic nitrogens is 3.